The zero-order valence-electron chi connectivity index (χ0n) is 15.5. The maximum absolute atomic E-state index is 12.4. The van der Waals surface area contributed by atoms with Gasteiger partial charge in [-0.2, -0.15) is 0 Å². The summed E-state index contributed by atoms with van der Waals surface area (Å²) in [5, 5.41) is 2.95. The molecule has 0 aliphatic heterocycles. The molecule has 2 heterocycles. The van der Waals surface area contributed by atoms with Gasteiger partial charge in [0.05, 0.1) is 18.4 Å². The van der Waals surface area contributed by atoms with Crippen molar-refractivity contribution in [3.8, 4) is 0 Å². The van der Waals surface area contributed by atoms with Gasteiger partial charge in [-0.1, -0.05) is 30.3 Å². The van der Waals surface area contributed by atoms with Crippen LogP contribution in [0.2, 0.25) is 0 Å². The fraction of sp³-hybridized carbons (Fsp3) is 0.238. The Labute approximate surface area is 159 Å². The van der Waals surface area contributed by atoms with Crippen molar-refractivity contribution in [1.29, 1.82) is 0 Å². The van der Waals surface area contributed by atoms with Crippen molar-refractivity contribution < 1.29 is 4.79 Å². The Balaban J connectivity index is 1.56. The van der Waals surface area contributed by atoms with Crippen molar-refractivity contribution >= 4 is 11.7 Å². The van der Waals surface area contributed by atoms with Crippen molar-refractivity contribution in [2.45, 2.75) is 19.4 Å². The van der Waals surface area contributed by atoms with Crippen LogP contribution in [0.15, 0.2) is 67.3 Å². The van der Waals surface area contributed by atoms with E-state index in [4.69, 9.17) is 0 Å². The minimum atomic E-state index is -0.232. The summed E-state index contributed by atoms with van der Waals surface area (Å²) in [6, 6.07) is 13.7. The van der Waals surface area contributed by atoms with Gasteiger partial charge in [-0.25, -0.2) is 9.97 Å². The van der Waals surface area contributed by atoms with Crippen LogP contribution in [-0.2, 0) is 6.42 Å². The number of likely N-dealkylation sites (N-methyl/N-ethyl adjacent to an activating group) is 1. The van der Waals surface area contributed by atoms with E-state index in [2.05, 4.69) is 20.3 Å². The van der Waals surface area contributed by atoms with E-state index in [1.54, 1.807) is 18.6 Å². The molecule has 0 saturated heterocycles. The molecule has 0 bridgehead atoms. The first-order valence-corrected chi connectivity index (χ1v) is 8.91. The lowest BCUT2D eigenvalue weighted by Gasteiger charge is -2.18. The van der Waals surface area contributed by atoms with E-state index in [9.17, 15) is 4.79 Å². The Morgan fingerprint density at radius 3 is 2.48 bits per heavy atom. The SMILES string of the molecule is CC(NC(=O)c1cnc(N(C)CCc2ccncc2)cn1)c1ccccc1. The summed E-state index contributed by atoms with van der Waals surface area (Å²) in [6.07, 6.45) is 7.62. The zero-order chi connectivity index (χ0) is 19.1. The van der Waals surface area contributed by atoms with Gasteiger partial charge in [-0.05, 0) is 36.6 Å². The number of carbonyl (C=O) groups excluding carboxylic acids is 1. The highest BCUT2D eigenvalue weighted by atomic mass is 16.1. The molecule has 1 aromatic carbocycles. The number of aromatic nitrogens is 3. The molecule has 1 unspecified atom stereocenters. The molecule has 0 aliphatic rings. The third-order valence-electron chi connectivity index (χ3n) is 4.39. The maximum Gasteiger partial charge on any atom is 0.271 e. The summed E-state index contributed by atoms with van der Waals surface area (Å²) >= 11 is 0. The number of benzene rings is 1. The highest BCUT2D eigenvalue weighted by Crippen LogP contribution is 2.13. The zero-order valence-corrected chi connectivity index (χ0v) is 15.5. The molecule has 1 N–H and O–H groups in total. The molecule has 138 valence electrons. The summed E-state index contributed by atoms with van der Waals surface area (Å²) in [5.74, 6) is 0.501. The van der Waals surface area contributed by atoms with Crippen LogP contribution in [0, 0.1) is 0 Å². The largest absolute Gasteiger partial charge is 0.358 e. The van der Waals surface area contributed by atoms with Gasteiger partial charge in [-0.15, -0.1) is 0 Å². The van der Waals surface area contributed by atoms with E-state index in [0.717, 1.165) is 24.3 Å². The van der Waals surface area contributed by atoms with Crippen LogP contribution in [0.25, 0.3) is 0 Å². The standard InChI is InChI=1S/C21H23N5O/c1-16(18-6-4-3-5-7-18)25-21(27)19-14-24-20(15-23-19)26(2)13-10-17-8-11-22-12-9-17/h3-9,11-12,14-16H,10,13H2,1-2H3,(H,25,27). The number of pyridine rings is 1. The number of amides is 1. The van der Waals surface area contributed by atoms with E-state index in [0.29, 0.717) is 5.69 Å². The monoisotopic (exact) mass is 361 g/mol. The van der Waals surface area contributed by atoms with Gasteiger partial charge in [0, 0.05) is 26.0 Å². The molecule has 0 spiro atoms. The number of rotatable bonds is 7. The molecule has 3 aromatic rings. The smallest absolute Gasteiger partial charge is 0.271 e. The molecular weight excluding hydrogens is 338 g/mol. The first-order chi connectivity index (χ1) is 13.1. The number of nitrogens with zero attached hydrogens (tertiary/aromatic N) is 4. The molecule has 0 radical (unpaired) electrons. The second kappa shape index (κ2) is 8.89. The van der Waals surface area contributed by atoms with Crippen molar-refractivity contribution in [2.75, 3.05) is 18.5 Å². The van der Waals surface area contributed by atoms with Gasteiger partial charge in [0.2, 0.25) is 0 Å². The van der Waals surface area contributed by atoms with Crippen LogP contribution >= 0.6 is 0 Å². The molecule has 6 heteroatoms. The van der Waals surface area contributed by atoms with E-state index >= 15 is 0 Å². The third kappa shape index (κ3) is 5.10. The summed E-state index contributed by atoms with van der Waals surface area (Å²) in [5.41, 5.74) is 2.58. The highest BCUT2D eigenvalue weighted by molar-refractivity contribution is 5.92. The van der Waals surface area contributed by atoms with E-state index in [1.807, 2.05) is 61.3 Å². The molecule has 6 nitrogen and oxygen atoms in total. The van der Waals surface area contributed by atoms with Gasteiger partial charge in [0.1, 0.15) is 11.5 Å². The van der Waals surface area contributed by atoms with Crippen molar-refractivity contribution in [2.24, 2.45) is 0 Å². The molecule has 1 amide bonds. The number of hydrogen-bond donors (Lipinski definition) is 1. The Morgan fingerprint density at radius 1 is 1.07 bits per heavy atom. The van der Waals surface area contributed by atoms with Crippen molar-refractivity contribution in [1.82, 2.24) is 20.3 Å². The molecule has 0 fully saturated rings. The van der Waals surface area contributed by atoms with Crippen LogP contribution in [0.3, 0.4) is 0 Å². The fourth-order valence-corrected chi connectivity index (χ4v) is 2.69. The Bertz CT molecular complexity index is 853. The third-order valence-corrected chi connectivity index (χ3v) is 4.39. The van der Waals surface area contributed by atoms with Gasteiger partial charge in [0.15, 0.2) is 0 Å². The average Bonchev–Trinajstić information content (AvgIpc) is 2.73. The summed E-state index contributed by atoms with van der Waals surface area (Å²) in [6.45, 7) is 2.75. The second-order valence-corrected chi connectivity index (χ2v) is 6.39. The normalized spacial score (nSPS) is 11.6. The first-order valence-electron chi connectivity index (χ1n) is 8.91. The summed E-state index contributed by atoms with van der Waals surface area (Å²) in [7, 11) is 1.96. The lowest BCUT2D eigenvalue weighted by atomic mass is 10.1. The highest BCUT2D eigenvalue weighted by Gasteiger charge is 2.13. The molecule has 3 rings (SSSR count). The molecular formula is C21H23N5O. The predicted molar refractivity (Wildman–Crippen MR) is 106 cm³/mol. The first kappa shape index (κ1) is 18.5. The van der Waals surface area contributed by atoms with Crippen LogP contribution in [0.5, 0.6) is 0 Å². The molecule has 1 atom stereocenters. The molecule has 0 saturated carbocycles. The van der Waals surface area contributed by atoms with Gasteiger partial charge < -0.3 is 10.2 Å². The minimum Gasteiger partial charge on any atom is -0.358 e. The van der Waals surface area contributed by atoms with Gasteiger partial charge in [-0.3, -0.25) is 9.78 Å². The molecule has 0 aliphatic carbocycles. The number of anilines is 1. The Morgan fingerprint density at radius 2 is 1.81 bits per heavy atom. The van der Waals surface area contributed by atoms with E-state index in [1.165, 1.54) is 11.8 Å². The van der Waals surface area contributed by atoms with Crippen LogP contribution < -0.4 is 10.2 Å². The number of carbonyl (C=O) groups is 1. The van der Waals surface area contributed by atoms with Crippen LogP contribution in [0.4, 0.5) is 5.82 Å². The molecule has 27 heavy (non-hydrogen) atoms. The summed E-state index contributed by atoms with van der Waals surface area (Å²) in [4.78, 5) is 27.1. The quantitative estimate of drug-likeness (QED) is 0.700. The lowest BCUT2D eigenvalue weighted by molar-refractivity contribution is 0.0934. The van der Waals surface area contributed by atoms with E-state index in [-0.39, 0.29) is 11.9 Å². The minimum absolute atomic E-state index is 0.0942. The van der Waals surface area contributed by atoms with Gasteiger partial charge in [0.25, 0.3) is 5.91 Å². The van der Waals surface area contributed by atoms with Crippen molar-refractivity contribution in [3.63, 3.8) is 0 Å². The Kier molecular flexibility index (Phi) is 6.10. The topological polar surface area (TPSA) is 71.0 Å². The van der Waals surface area contributed by atoms with Crippen molar-refractivity contribution in [3.05, 3.63) is 84.1 Å². The van der Waals surface area contributed by atoms with Crippen LogP contribution in [-0.4, -0.2) is 34.5 Å². The van der Waals surface area contributed by atoms with E-state index < -0.39 is 0 Å². The number of nitrogens with one attached hydrogen (secondary N) is 1. The fourth-order valence-electron chi connectivity index (χ4n) is 2.69. The maximum atomic E-state index is 12.4. The second-order valence-electron chi connectivity index (χ2n) is 6.39. The predicted octanol–water partition coefficient (Wildman–Crippen LogP) is 3.04. The Hall–Kier alpha value is -3.28. The molecule has 2 aromatic heterocycles. The summed E-state index contributed by atoms with van der Waals surface area (Å²) < 4.78 is 0. The lowest BCUT2D eigenvalue weighted by Crippen LogP contribution is -2.28. The average molecular weight is 361 g/mol. The van der Waals surface area contributed by atoms with Crippen LogP contribution in [0.1, 0.15) is 34.6 Å². The van der Waals surface area contributed by atoms with Gasteiger partial charge >= 0.3 is 0 Å². The number of hydrogen-bond acceptors (Lipinski definition) is 5.